The zero-order valence-electron chi connectivity index (χ0n) is 29.4. The Morgan fingerprint density at radius 2 is 1.39 bits per heavy atom. The minimum Gasteiger partial charge on any atom is -0.508 e. The van der Waals surface area contributed by atoms with Crippen molar-refractivity contribution < 1.29 is 48.7 Å². The largest absolute Gasteiger partial charge is 0.508 e. The zero-order valence-corrected chi connectivity index (χ0v) is 38.0. The smallest absolute Gasteiger partial charge is 0.343 e. The highest BCUT2D eigenvalue weighted by molar-refractivity contribution is 14.1. The molecule has 17 heteroatoms. The van der Waals surface area contributed by atoms with E-state index in [0.29, 0.717) is 60.5 Å². The molecular formula is C40H31I4N3O10. The highest BCUT2D eigenvalue weighted by atomic mass is 127. The third kappa shape index (κ3) is 8.37. The number of esters is 2. The lowest BCUT2D eigenvalue weighted by atomic mass is 9.77. The van der Waals surface area contributed by atoms with Crippen LogP contribution < -0.4 is 31.0 Å². The van der Waals surface area contributed by atoms with Crippen LogP contribution in [0, 0.1) is 14.3 Å². The van der Waals surface area contributed by atoms with E-state index >= 15 is 0 Å². The number of phenols is 2. The van der Waals surface area contributed by atoms with E-state index in [0.717, 1.165) is 12.7 Å². The van der Waals surface area contributed by atoms with Gasteiger partial charge in [0.15, 0.2) is 17.1 Å². The van der Waals surface area contributed by atoms with Crippen LogP contribution in [0.1, 0.15) is 55.8 Å². The summed E-state index contributed by atoms with van der Waals surface area (Å²) >= 11 is 8.43. The Kier molecular flexibility index (Phi) is 12.4. The number of aliphatic carboxylic acids is 1. The molecule has 5 aromatic carbocycles. The van der Waals surface area contributed by atoms with Crippen LogP contribution in [0.5, 0.6) is 40.2 Å². The van der Waals surface area contributed by atoms with Gasteiger partial charge in [0.1, 0.15) is 34.8 Å². The Balaban J connectivity index is 1.10. The van der Waals surface area contributed by atoms with Crippen molar-refractivity contribution in [2.45, 2.75) is 37.1 Å². The Morgan fingerprint density at radius 3 is 1.96 bits per heavy atom. The lowest BCUT2D eigenvalue weighted by molar-refractivity contribution is -0.139. The van der Waals surface area contributed by atoms with Crippen LogP contribution in [0.2, 0.25) is 0 Å². The van der Waals surface area contributed by atoms with Crippen LogP contribution in [0.3, 0.4) is 0 Å². The number of aromatic hydroxyl groups is 2. The maximum atomic E-state index is 13.6. The first-order valence-electron chi connectivity index (χ1n) is 17.2. The summed E-state index contributed by atoms with van der Waals surface area (Å²) in [5.41, 5.74) is 12.6. The first kappa shape index (κ1) is 41.7. The fourth-order valence-electron chi connectivity index (χ4n) is 6.76. The molecule has 8 N–H and O–H groups in total. The number of rotatable bonds is 12. The van der Waals surface area contributed by atoms with Crippen LogP contribution in [-0.2, 0) is 21.6 Å². The summed E-state index contributed by atoms with van der Waals surface area (Å²) in [6.45, 7) is 0.471. The number of hydrogen-bond acceptors (Lipinski definition) is 12. The number of hydrogen-bond donors (Lipinski definition) is 6. The van der Waals surface area contributed by atoms with Gasteiger partial charge in [-0.1, -0.05) is 6.07 Å². The summed E-state index contributed by atoms with van der Waals surface area (Å²) in [5, 5.41) is 33.2. The van der Waals surface area contributed by atoms with Crippen LogP contribution in [0.25, 0.3) is 0 Å². The average molecular weight is 1220 g/mol. The van der Waals surface area contributed by atoms with Crippen molar-refractivity contribution in [1.29, 1.82) is 0 Å². The van der Waals surface area contributed by atoms with Gasteiger partial charge in [-0.25, -0.2) is 9.59 Å². The Morgan fingerprint density at radius 1 is 0.807 bits per heavy atom. The third-order valence-corrected chi connectivity index (χ3v) is 12.5. The van der Waals surface area contributed by atoms with Gasteiger partial charge < -0.3 is 45.7 Å². The maximum absolute atomic E-state index is 13.6. The lowest BCUT2D eigenvalue weighted by Gasteiger charge is -2.36. The highest BCUT2D eigenvalue weighted by Crippen LogP contribution is 2.57. The summed E-state index contributed by atoms with van der Waals surface area (Å²) in [6, 6.07) is 19.9. The predicted molar refractivity (Wildman–Crippen MR) is 241 cm³/mol. The molecule has 1 unspecified atom stereocenters. The van der Waals surface area contributed by atoms with Gasteiger partial charge in [-0.05, 0) is 182 Å². The fraction of sp³-hybridized carbons (Fsp3) is 0.175. The normalized spacial score (nSPS) is 14.5. The molecule has 0 aliphatic carbocycles. The van der Waals surface area contributed by atoms with Crippen LogP contribution in [0.4, 0.5) is 0 Å². The van der Waals surface area contributed by atoms with E-state index in [1.165, 1.54) is 30.3 Å². The molecule has 0 fully saturated rings. The van der Waals surface area contributed by atoms with Gasteiger partial charge in [-0.2, -0.15) is 0 Å². The van der Waals surface area contributed by atoms with Crippen LogP contribution in [0.15, 0.2) is 78.9 Å². The fourth-order valence-corrected chi connectivity index (χ4v) is 10.8. The third-order valence-electron chi connectivity index (χ3n) is 9.33. The quantitative estimate of drug-likeness (QED) is 0.0306. The average Bonchev–Trinajstić information content (AvgIpc) is 3.44. The van der Waals surface area contributed by atoms with E-state index in [2.05, 4.69) is 95.7 Å². The standard InChI is InChI=1S/C40H31I4N3O10/c41-27-10-18(12-31(37(50)51)47-34(46)2-1-9-45)11-28(42)35(27)54-22-16-29(43)36(30(44)17-22)56-38(52)19-3-6-24-23(13-19)39(53)57-40(24)25-7-4-20(48)14-32(25)55-33-15-21(49)5-8-26(33)40/h3-8,10-11,13-17,31,34,47-49H,1-2,9,12,45-46H2,(H,50,51)/t31-,34?/m1/s1. The highest BCUT2D eigenvalue weighted by Gasteiger charge is 2.54. The Hall–Kier alpha value is -3.49. The maximum Gasteiger partial charge on any atom is 0.343 e. The summed E-state index contributed by atoms with van der Waals surface area (Å²) in [5.74, 6) is -0.634. The van der Waals surface area contributed by atoms with E-state index < -0.39 is 35.7 Å². The molecule has 0 saturated heterocycles. The first-order chi connectivity index (χ1) is 27.2. The minimum absolute atomic E-state index is 0.0602. The van der Waals surface area contributed by atoms with Crippen molar-refractivity contribution in [3.63, 3.8) is 0 Å². The minimum atomic E-state index is -1.47. The molecule has 1 spiro atoms. The monoisotopic (exact) mass is 1220 g/mol. The number of nitrogens with one attached hydrogen (secondary N) is 1. The van der Waals surface area contributed by atoms with Crippen molar-refractivity contribution in [3.05, 3.63) is 127 Å². The Bertz CT molecular complexity index is 2370. The molecule has 0 amide bonds. The van der Waals surface area contributed by atoms with E-state index in [1.807, 2.05) is 12.1 Å². The predicted octanol–water partition coefficient (Wildman–Crippen LogP) is 7.70. The molecule has 2 atom stereocenters. The number of nitrogens with two attached hydrogens (primary N) is 2. The molecule has 0 saturated carbocycles. The Labute approximate surface area is 380 Å². The second-order valence-corrected chi connectivity index (χ2v) is 17.8. The van der Waals surface area contributed by atoms with Gasteiger partial charge in [-0.15, -0.1) is 0 Å². The van der Waals surface area contributed by atoms with E-state index in [4.69, 9.17) is 30.4 Å². The van der Waals surface area contributed by atoms with Gasteiger partial charge in [0.05, 0.1) is 31.6 Å². The summed E-state index contributed by atoms with van der Waals surface area (Å²) in [4.78, 5) is 39.2. The van der Waals surface area contributed by atoms with Gasteiger partial charge in [0.25, 0.3) is 0 Å². The van der Waals surface area contributed by atoms with Crippen molar-refractivity contribution in [3.8, 4) is 40.2 Å². The molecule has 13 nitrogen and oxygen atoms in total. The number of carboxylic acid groups (broad SMARTS) is 1. The number of carbonyl (C=O) groups excluding carboxylic acids is 2. The number of carboxylic acids is 1. The summed E-state index contributed by atoms with van der Waals surface area (Å²) in [7, 11) is 0. The van der Waals surface area contributed by atoms with Gasteiger partial charge in [0, 0.05) is 28.8 Å². The lowest BCUT2D eigenvalue weighted by Crippen LogP contribution is -2.49. The molecule has 2 heterocycles. The van der Waals surface area contributed by atoms with Crippen molar-refractivity contribution in [2.75, 3.05) is 6.54 Å². The zero-order chi connectivity index (χ0) is 40.8. The molecule has 294 valence electrons. The number of ether oxygens (including phenoxy) is 4. The molecular weight excluding hydrogens is 1190 g/mol. The number of halogens is 4. The topological polar surface area (TPSA) is 213 Å². The second kappa shape index (κ2) is 17.0. The van der Waals surface area contributed by atoms with Crippen molar-refractivity contribution >= 4 is 108 Å². The van der Waals surface area contributed by atoms with Crippen LogP contribution >= 0.6 is 90.4 Å². The van der Waals surface area contributed by atoms with E-state index in [9.17, 15) is 29.7 Å². The first-order valence-corrected chi connectivity index (χ1v) is 21.5. The van der Waals surface area contributed by atoms with Crippen molar-refractivity contribution in [1.82, 2.24) is 5.32 Å². The van der Waals surface area contributed by atoms with Crippen LogP contribution in [-0.4, -0.2) is 52.0 Å². The molecule has 2 aliphatic heterocycles. The molecule has 0 aromatic heterocycles. The van der Waals surface area contributed by atoms with E-state index in [1.54, 1.807) is 36.4 Å². The van der Waals surface area contributed by atoms with E-state index in [-0.39, 0.29) is 40.5 Å². The number of carbonyl (C=O) groups is 3. The molecule has 0 bridgehead atoms. The molecule has 0 radical (unpaired) electrons. The second-order valence-electron chi connectivity index (χ2n) is 13.2. The molecule has 2 aliphatic rings. The van der Waals surface area contributed by atoms with Crippen molar-refractivity contribution in [2.24, 2.45) is 11.5 Å². The molecule has 57 heavy (non-hydrogen) atoms. The summed E-state index contributed by atoms with van der Waals surface area (Å²) in [6.07, 6.45) is 0.968. The summed E-state index contributed by atoms with van der Waals surface area (Å²) < 4.78 is 27.1. The SMILES string of the molecule is NCCCC(N)N[C@H](Cc1cc(I)c(Oc2cc(I)c(OC(=O)c3ccc4c(c3)C(=O)OC43c4ccc(O)cc4Oc4cc(O)ccc43)c(I)c2)c(I)c1)C(=O)O. The van der Waals surface area contributed by atoms with Gasteiger partial charge in [-0.3, -0.25) is 10.1 Å². The number of phenolic OH excluding ortho intramolecular Hbond substituents is 2. The van der Waals surface area contributed by atoms with Gasteiger partial charge >= 0.3 is 17.9 Å². The number of benzene rings is 5. The van der Waals surface area contributed by atoms with Gasteiger partial charge in [0.2, 0.25) is 0 Å². The molecule has 7 rings (SSSR count). The molecule has 5 aromatic rings. The number of fused-ring (bicyclic) bond motifs is 6.